The van der Waals surface area contributed by atoms with Crippen molar-refractivity contribution in [2.45, 2.75) is 19.8 Å². The number of nitrogens with zero attached hydrogens (tertiary/aromatic N) is 1. The number of carbonyl (C=O) groups is 1. The van der Waals surface area contributed by atoms with Crippen molar-refractivity contribution in [3.05, 3.63) is 16.4 Å². The van der Waals surface area contributed by atoms with Gasteiger partial charge in [-0.1, -0.05) is 13.8 Å². The molecule has 0 spiro atoms. The van der Waals surface area contributed by atoms with E-state index in [2.05, 4.69) is 26.1 Å². The highest BCUT2D eigenvalue weighted by molar-refractivity contribution is 9.10. The van der Waals surface area contributed by atoms with E-state index >= 15 is 0 Å². The van der Waals surface area contributed by atoms with Crippen LogP contribution in [0, 0.1) is 11.3 Å². The van der Waals surface area contributed by atoms with Gasteiger partial charge in [0.05, 0.1) is 22.3 Å². The number of halogens is 1. The summed E-state index contributed by atoms with van der Waals surface area (Å²) >= 11 is 3.35. The number of aliphatic carboxylic acids is 1. The van der Waals surface area contributed by atoms with Gasteiger partial charge >= 0.3 is 5.97 Å². The summed E-state index contributed by atoms with van der Waals surface area (Å²) in [5.74, 6) is -1.00. The second kappa shape index (κ2) is 2.82. The number of carboxylic acids is 1. The molecule has 1 aromatic rings. The minimum absolute atomic E-state index is 0.0388. The summed E-state index contributed by atoms with van der Waals surface area (Å²) in [5, 5.41) is 15.7. The first-order valence-electron chi connectivity index (χ1n) is 4.38. The predicted octanol–water partition coefficient (Wildman–Crippen LogP) is 2.00. The lowest BCUT2D eigenvalue weighted by atomic mass is 10.1. The Labute approximate surface area is 89.8 Å². The lowest BCUT2D eigenvalue weighted by molar-refractivity contribution is -0.139. The molecule has 76 valence electrons. The van der Waals surface area contributed by atoms with Gasteiger partial charge in [0.25, 0.3) is 0 Å². The number of H-pyrrole nitrogens is 1. The van der Waals surface area contributed by atoms with Gasteiger partial charge in [0.2, 0.25) is 0 Å². The van der Waals surface area contributed by atoms with Gasteiger partial charge < -0.3 is 5.11 Å². The van der Waals surface area contributed by atoms with Gasteiger partial charge in [-0.25, -0.2) is 0 Å². The zero-order valence-corrected chi connectivity index (χ0v) is 9.50. The van der Waals surface area contributed by atoms with E-state index in [9.17, 15) is 4.79 Å². The minimum atomic E-state index is -0.735. The molecule has 0 radical (unpaired) electrons. The molecular weight excluding hydrogens is 248 g/mol. The number of carboxylic acid groups (broad SMARTS) is 1. The first-order valence-corrected chi connectivity index (χ1v) is 5.17. The SMILES string of the molecule is CC1(C)C(C(=O)O)C1c1[nH]ncc1Br. The van der Waals surface area contributed by atoms with E-state index in [1.807, 2.05) is 13.8 Å². The van der Waals surface area contributed by atoms with Crippen LogP contribution in [-0.2, 0) is 4.79 Å². The number of hydrogen-bond acceptors (Lipinski definition) is 2. The van der Waals surface area contributed by atoms with Crippen LogP contribution in [0.1, 0.15) is 25.5 Å². The first-order chi connectivity index (χ1) is 6.46. The second-order valence-corrected chi connectivity index (χ2v) is 5.10. The lowest BCUT2D eigenvalue weighted by Gasteiger charge is -1.99. The molecule has 0 saturated heterocycles. The van der Waals surface area contributed by atoms with Gasteiger partial charge in [0.15, 0.2) is 0 Å². The van der Waals surface area contributed by atoms with Crippen molar-refractivity contribution in [1.29, 1.82) is 0 Å². The quantitative estimate of drug-likeness (QED) is 0.853. The Hall–Kier alpha value is -0.840. The minimum Gasteiger partial charge on any atom is -0.481 e. The van der Waals surface area contributed by atoms with Crippen molar-refractivity contribution >= 4 is 21.9 Å². The van der Waals surface area contributed by atoms with Gasteiger partial charge in [-0.15, -0.1) is 0 Å². The normalized spacial score (nSPS) is 28.8. The molecule has 0 aromatic carbocycles. The van der Waals surface area contributed by atoms with E-state index in [4.69, 9.17) is 5.11 Å². The summed E-state index contributed by atoms with van der Waals surface area (Å²) in [4.78, 5) is 10.9. The van der Waals surface area contributed by atoms with Gasteiger partial charge in [-0.3, -0.25) is 9.89 Å². The highest BCUT2D eigenvalue weighted by Gasteiger charge is 2.63. The van der Waals surface area contributed by atoms with Crippen LogP contribution in [0.5, 0.6) is 0 Å². The summed E-state index contributed by atoms with van der Waals surface area (Å²) in [5.41, 5.74) is 0.711. The van der Waals surface area contributed by atoms with Gasteiger partial charge in [-0.2, -0.15) is 5.10 Å². The average molecular weight is 259 g/mol. The predicted molar refractivity (Wildman–Crippen MR) is 53.9 cm³/mol. The lowest BCUT2D eigenvalue weighted by Crippen LogP contribution is -2.03. The molecule has 14 heavy (non-hydrogen) atoms. The maximum Gasteiger partial charge on any atom is 0.307 e. The molecule has 5 heteroatoms. The molecule has 2 rings (SSSR count). The Kier molecular flexibility index (Phi) is 1.96. The molecule has 0 bridgehead atoms. The van der Waals surface area contributed by atoms with E-state index < -0.39 is 5.97 Å². The zero-order valence-electron chi connectivity index (χ0n) is 7.91. The van der Waals surface area contributed by atoms with Crippen LogP contribution in [0.2, 0.25) is 0 Å². The number of aromatic amines is 1. The van der Waals surface area contributed by atoms with Gasteiger partial charge in [0, 0.05) is 5.92 Å². The summed E-state index contributed by atoms with van der Waals surface area (Å²) in [6.07, 6.45) is 1.66. The maximum atomic E-state index is 10.9. The van der Waals surface area contributed by atoms with Crippen LogP contribution in [0.25, 0.3) is 0 Å². The van der Waals surface area contributed by atoms with Crippen molar-refractivity contribution in [2.75, 3.05) is 0 Å². The molecule has 1 fully saturated rings. The van der Waals surface area contributed by atoms with E-state index in [-0.39, 0.29) is 17.3 Å². The molecular formula is C9H11BrN2O2. The number of rotatable bonds is 2. The summed E-state index contributed by atoms with van der Waals surface area (Å²) < 4.78 is 0.860. The fraction of sp³-hybridized carbons (Fsp3) is 0.556. The smallest absolute Gasteiger partial charge is 0.307 e. The third-order valence-electron chi connectivity index (χ3n) is 3.02. The highest BCUT2D eigenvalue weighted by atomic mass is 79.9. The Bertz CT molecular complexity index is 386. The Morgan fingerprint density at radius 3 is 2.71 bits per heavy atom. The largest absolute Gasteiger partial charge is 0.481 e. The Morgan fingerprint density at radius 2 is 2.36 bits per heavy atom. The van der Waals surface area contributed by atoms with Crippen molar-refractivity contribution in [3.63, 3.8) is 0 Å². The van der Waals surface area contributed by atoms with Crippen molar-refractivity contribution < 1.29 is 9.90 Å². The average Bonchev–Trinajstić information content (AvgIpc) is 2.42. The third-order valence-corrected chi connectivity index (χ3v) is 3.66. The van der Waals surface area contributed by atoms with E-state index in [1.165, 1.54) is 0 Å². The number of aromatic nitrogens is 2. The highest BCUT2D eigenvalue weighted by Crippen LogP contribution is 2.64. The molecule has 2 N–H and O–H groups in total. The van der Waals surface area contributed by atoms with Crippen LogP contribution < -0.4 is 0 Å². The maximum absolute atomic E-state index is 10.9. The molecule has 1 aliphatic carbocycles. The topological polar surface area (TPSA) is 66.0 Å². The molecule has 1 saturated carbocycles. The van der Waals surface area contributed by atoms with Crippen LogP contribution in [0.4, 0.5) is 0 Å². The summed E-state index contributed by atoms with van der Waals surface area (Å²) in [7, 11) is 0. The van der Waals surface area contributed by atoms with Crippen molar-refractivity contribution in [1.82, 2.24) is 10.2 Å². The molecule has 2 atom stereocenters. The Balaban J connectivity index is 2.32. The molecule has 0 aliphatic heterocycles. The van der Waals surface area contributed by atoms with Crippen LogP contribution >= 0.6 is 15.9 Å². The van der Waals surface area contributed by atoms with Crippen molar-refractivity contribution in [2.24, 2.45) is 11.3 Å². The Morgan fingerprint density at radius 1 is 1.71 bits per heavy atom. The summed E-state index contributed by atoms with van der Waals surface area (Å²) in [6.45, 7) is 3.92. The second-order valence-electron chi connectivity index (χ2n) is 4.25. The standard InChI is InChI=1S/C9H11BrN2O2/c1-9(2)5(6(9)8(13)14)7-4(10)3-11-12-7/h3,5-6H,1-2H3,(H,11,12)(H,13,14). The molecule has 0 amide bonds. The fourth-order valence-corrected chi connectivity index (χ4v) is 2.57. The monoisotopic (exact) mass is 258 g/mol. The first kappa shape index (κ1) is 9.71. The van der Waals surface area contributed by atoms with Gasteiger partial charge in [0.1, 0.15) is 0 Å². The zero-order chi connectivity index (χ0) is 10.5. The molecule has 1 aliphatic rings. The molecule has 1 heterocycles. The number of nitrogens with one attached hydrogen (secondary N) is 1. The molecule has 4 nitrogen and oxygen atoms in total. The van der Waals surface area contributed by atoms with Crippen molar-refractivity contribution in [3.8, 4) is 0 Å². The van der Waals surface area contributed by atoms with Gasteiger partial charge in [-0.05, 0) is 21.3 Å². The molecule has 2 unspecified atom stereocenters. The third kappa shape index (κ3) is 1.19. The number of hydrogen-bond donors (Lipinski definition) is 2. The van der Waals surface area contributed by atoms with Crippen LogP contribution in [0.3, 0.4) is 0 Å². The fourth-order valence-electron chi connectivity index (χ4n) is 2.14. The van der Waals surface area contributed by atoms with Crippen LogP contribution in [-0.4, -0.2) is 21.3 Å². The van der Waals surface area contributed by atoms with Crippen LogP contribution in [0.15, 0.2) is 10.7 Å². The van der Waals surface area contributed by atoms with E-state index in [1.54, 1.807) is 6.20 Å². The van der Waals surface area contributed by atoms with E-state index in [0.717, 1.165) is 10.2 Å². The summed E-state index contributed by atoms with van der Waals surface area (Å²) in [6, 6.07) is 0. The molecule has 1 aromatic heterocycles. The van der Waals surface area contributed by atoms with E-state index in [0.29, 0.717) is 0 Å².